The average Bonchev–Trinajstić information content (AvgIpc) is 2.60. The predicted molar refractivity (Wildman–Crippen MR) is 96.2 cm³/mol. The molecule has 25 heavy (non-hydrogen) atoms. The van der Waals surface area contributed by atoms with Crippen LogP contribution in [-0.4, -0.2) is 36.4 Å². The normalized spacial score (nSPS) is 23.4. The second kappa shape index (κ2) is 7.06. The molecule has 2 atom stereocenters. The molecule has 5 heteroatoms. The smallest absolute Gasteiger partial charge is 0.227 e. The second-order valence-corrected chi connectivity index (χ2v) is 8.08. The highest BCUT2D eigenvalue weighted by molar-refractivity contribution is 5.84. The molecule has 2 unspecified atom stereocenters. The lowest BCUT2D eigenvalue weighted by Gasteiger charge is -2.36. The number of hydrogen-bond donors (Lipinski definition) is 1. The minimum atomic E-state index is -0.405. The number of likely N-dealkylation sites (tertiary alicyclic amines) is 1. The number of ether oxygens (including phenoxy) is 1. The molecule has 5 nitrogen and oxygen atoms in total. The van der Waals surface area contributed by atoms with E-state index in [-0.39, 0.29) is 23.8 Å². The number of para-hydroxylation sites is 1. The van der Waals surface area contributed by atoms with Crippen molar-refractivity contribution < 1.29 is 14.3 Å². The third-order valence-electron chi connectivity index (χ3n) is 5.00. The molecule has 2 amide bonds. The van der Waals surface area contributed by atoms with E-state index in [1.54, 1.807) is 0 Å². The molecule has 2 heterocycles. The number of nitrogens with zero attached hydrogens (tertiary/aromatic N) is 1. The van der Waals surface area contributed by atoms with E-state index in [9.17, 15) is 9.59 Å². The molecular weight excluding hydrogens is 316 g/mol. The highest BCUT2D eigenvalue weighted by Crippen LogP contribution is 2.32. The zero-order valence-corrected chi connectivity index (χ0v) is 15.4. The van der Waals surface area contributed by atoms with Gasteiger partial charge in [0.15, 0.2) is 0 Å². The van der Waals surface area contributed by atoms with Crippen molar-refractivity contribution in [3.05, 3.63) is 29.8 Å². The zero-order chi connectivity index (χ0) is 18.0. The molecule has 0 saturated carbocycles. The number of hydrogen-bond acceptors (Lipinski definition) is 3. The molecule has 1 aromatic rings. The number of amides is 2. The molecule has 1 saturated heterocycles. The van der Waals surface area contributed by atoms with Gasteiger partial charge in [-0.05, 0) is 18.9 Å². The molecule has 1 N–H and O–H groups in total. The Morgan fingerprint density at radius 3 is 2.72 bits per heavy atom. The Morgan fingerprint density at radius 1 is 1.20 bits per heavy atom. The number of fused-ring (bicyclic) bond motifs is 1. The van der Waals surface area contributed by atoms with Crippen LogP contribution in [0.1, 0.15) is 51.6 Å². The zero-order valence-electron chi connectivity index (χ0n) is 15.4. The Labute approximate surface area is 149 Å². The lowest BCUT2D eigenvalue weighted by atomic mass is 9.90. The largest absolute Gasteiger partial charge is 0.493 e. The third-order valence-corrected chi connectivity index (χ3v) is 5.00. The summed E-state index contributed by atoms with van der Waals surface area (Å²) in [6.07, 6.45) is 2.50. The van der Waals surface area contributed by atoms with Gasteiger partial charge in [-0.25, -0.2) is 0 Å². The summed E-state index contributed by atoms with van der Waals surface area (Å²) in [5.41, 5.74) is 0.637. The molecule has 3 rings (SSSR count). The van der Waals surface area contributed by atoms with Gasteiger partial charge in [-0.2, -0.15) is 0 Å². The number of benzene rings is 1. The number of rotatable bonds is 2. The van der Waals surface area contributed by atoms with Crippen LogP contribution in [0.3, 0.4) is 0 Å². The van der Waals surface area contributed by atoms with Crippen LogP contribution in [0.2, 0.25) is 0 Å². The van der Waals surface area contributed by atoms with Crippen molar-refractivity contribution in [1.29, 1.82) is 0 Å². The van der Waals surface area contributed by atoms with E-state index in [4.69, 9.17) is 4.74 Å². The Morgan fingerprint density at radius 2 is 1.96 bits per heavy atom. The number of piperidine rings is 1. The Kier molecular flexibility index (Phi) is 5.02. The lowest BCUT2D eigenvalue weighted by Crippen LogP contribution is -2.49. The summed E-state index contributed by atoms with van der Waals surface area (Å²) in [7, 11) is 0. The fraction of sp³-hybridized carbons (Fsp3) is 0.600. The summed E-state index contributed by atoms with van der Waals surface area (Å²) in [6.45, 7) is 7.67. The third kappa shape index (κ3) is 3.97. The van der Waals surface area contributed by atoms with Gasteiger partial charge in [0.25, 0.3) is 0 Å². The summed E-state index contributed by atoms with van der Waals surface area (Å²) in [4.78, 5) is 27.2. The van der Waals surface area contributed by atoms with E-state index in [0.717, 1.165) is 37.1 Å². The van der Waals surface area contributed by atoms with Gasteiger partial charge in [-0.1, -0.05) is 39.0 Å². The molecule has 136 valence electrons. The van der Waals surface area contributed by atoms with Gasteiger partial charge in [0.05, 0.1) is 18.6 Å². The topological polar surface area (TPSA) is 58.6 Å². The summed E-state index contributed by atoms with van der Waals surface area (Å²) in [5.74, 6) is 0.900. The van der Waals surface area contributed by atoms with Crippen molar-refractivity contribution in [1.82, 2.24) is 10.2 Å². The molecular formula is C20H28N2O3. The second-order valence-electron chi connectivity index (χ2n) is 8.08. The van der Waals surface area contributed by atoms with Crippen LogP contribution in [0.4, 0.5) is 0 Å². The number of carbonyl (C=O) groups excluding carboxylic acids is 2. The maximum absolute atomic E-state index is 12.8. The van der Waals surface area contributed by atoms with Gasteiger partial charge in [-0.3, -0.25) is 9.59 Å². The molecule has 1 aromatic carbocycles. The average molecular weight is 344 g/mol. The minimum Gasteiger partial charge on any atom is -0.493 e. The Hall–Kier alpha value is -2.04. The van der Waals surface area contributed by atoms with Crippen LogP contribution in [0.25, 0.3) is 0 Å². The highest BCUT2D eigenvalue weighted by atomic mass is 16.5. The van der Waals surface area contributed by atoms with Crippen LogP contribution in [-0.2, 0) is 9.59 Å². The van der Waals surface area contributed by atoms with Gasteiger partial charge < -0.3 is 15.0 Å². The maximum Gasteiger partial charge on any atom is 0.227 e. The molecule has 0 bridgehead atoms. The van der Waals surface area contributed by atoms with Gasteiger partial charge in [-0.15, -0.1) is 0 Å². The fourth-order valence-electron chi connectivity index (χ4n) is 3.63. The molecule has 0 radical (unpaired) electrons. The van der Waals surface area contributed by atoms with Crippen molar-refractivity contribution in [2.45, 2.75) is 46.1 Å². The lowest BCUT2D eigenvalue weighted by molar-refractivity contribution is -0.143. The number of carbonyl (C=O) groups is 2. The minimum absolute atomic E-state index is 0.00820. The van der Waals surface area contributed by atoms with Crippen LogP contribution in [0.15, 0.2) is 24.3 Å². The van der Waals surface area contributed by atoms with Crippen molar-refractivity contribution in [3.63, 3.8) is 0 Å². The molecule has 2 aliphatic rings. The van der Waals surface area contributed by atoms with E-state index in [0.29, 0.717) is 13.2 Å². The molecule has 0 spiro atoms. The SMILES string of the molecule is CC(C)(C)C(=O)N1CCCC(C(=O)NC2CCOc3ccccc32)C1. The predicted octanol–water partition coefficient (Wildman–Crippen LogP) is 2.91. The molecule has 1 fully saturated rings. The Balaban J connectivity index is 1.65. The molecule has 2 aliphatic heterocycles. The van der Waals surface area contributed by atoms with E-state index < -0.39 is 5.41 Å². The van der Waals surface area contributed by atoms with Crippen molar-refractivity contribution in [2.24, 2.45) is 11.3 Å². The van der Waals surface area contributed by atoms with Crippen molar-refractivity contribution in [3.8, 4) is 5.75 Å². The Bertz CT molecular complexity index is 651. The maximum atomic E-state index is 12.8. The summed E-state index contributed by atoms with van der Waals surface area (Å²) in [6, 6.07) is 7.86. The fourth-order valence-corrected chi connectivity index (χ4v) is 3.63. The summed E-state index contributed by atoms with van der Waals surface area (Å²) in [5, 5.41) is 3.19. The van der Waals surface area contributed by atoms with Gasteiger partial charge in [0, 0.05) is 30.5 Å². The van der Waals surface area contributed by atoms with Crippen molar-refractivity contribution >= 4 is 11.8 Å². The first kappa shape index (κ1) is 17.8. The standard InChI is InChI=1S/C20H28N2O3/c1-20(2,3)19(24)22-11-6-7-14(13-22)18(23)21-16-10-12-25-17-9-5-4-8-15(16)17/h4-5,8-9,14,16H,6-7,10-13H2,1-3H3,(H,21,23). The highest BCUT2D eigenvalue weighted by Gasteiger charge is 2.34. The first-order chi connectivity index (χ1) is 11.9. The molecule has 0 aliphatic carbocycles. The van der Waals surface area contributed by atoms with Crippen LogP contribution in [0.5, 0.6) is 5.75 Å². The van der Waals surface area contributed by atoms with Crippen LogP contribution < -0.4 is 10.1 Å². The van der Waals surface area contributed by atoms with Crippen molar-refractivity contribution in [2.75, 3.05) is 19.7 Å². The van der Waals surface area contributed by atoms with E-state index in [1.807, 2.05) is 49.9 Å². The van der Waals surface area contributed by atoms with Gasteiger partial charge in [0.1, 0.15) is 5.75 Å². The van der Waals surface area contributed by atoms with Gasteiger partial charge >= 0.3 is 0 Å². The summed E-state index contributed by atoms with van der Waals surface area (Å²) >= 11 is 0. The molecule has 0 aromatic heterocycles. The van der Waals surface area contributed by atoms with Crippen LogP contribution >= 0.6 is 0 Å². The summed E-state index contributed by atoms with van der Waals surface area (Å²) < 4.78 is 5.66. The van der Waals surface area contributed by atoms with E-state index in [1.165, 1.54) is 0 Å². The quantitative estimate of drug-likeness (QED) is 0.897. The first-order valence-electron chi connectivity index (χ1n) is 9.18. The van der Waals surface area contributed by atoms with E-state index >= 15 is 0 Å². The first-order valence-corrected chi connectivity index (χ1v) is 9.18. The monoisotopic (exact) mass is 344 g/mol. The van der Waals surface area contributed by atoms with Gasteiger partial charge in [0.2, 0.25) is 11.8 Å². The van der Waals surface area contributed by atoms with E-state index in [2.05, 4.69) is 5.32 Å². The number of nitrogens with one attached hydrogen (secondary N) is 1. The van der Waals surface area contributed by atoms with Crippen LogP contribution in [0, 0.1) is 11.3 Å².